The first-order chi connectivity index (χ1) is 15.4. The van der Waals surface area contributed by atoms with Crippen LogP contribution in [0.15, 0.2) is 53.4 Å². The number of carbonyl (C=O) groups is 2. The van der Waals surface area contributed by atoms with Gasteiger partial charge in [0.05, 0.1) is 11.4 Å². The molecule has 0 saturated carbocycles. The minimum Gasteiger partial charge on any atom is -0.347 e. The number of anilines is 1. The van der Waals surface area contributed by atoms with Crippen molar-refractivity contribution < 1.29 is 18.0 Å². The SMILES string of the molecule is Cc1ccc(S(=O)(=O)N2CCC(C(=O)NCC(=O)N3CCCc4ccccc43)CC2)cc1. The first-order valence-electron chi connectivity index (χ1n) is 11.1. The van der Waals surface area contributed by atoms with Gasteiger partial charge in [0.1, 0.15) is 0 Å². The molecule has 2 amide bonds. The third-order valence-electron chi connectivity index (χ3n) is 6.31. The summed E-state index contributed by atoms with van der Waals surface area (Å²) in [5.74, 6) is -0.596. The van der Waals surface area contributed by atoms with Crippen LogP contribution in [0.2, 0.25) is 0 Å². The lowest BCUT2D eigenvalue weighted by Crippen LogP contribution is -2.46. The average molecular weight is 456 g/mol. The molecule has 0 aromatic heterocycles. The van der Waals surface area contributed by atoms with Gasteiger partial charge in [-0.25, -0.2) is 8.42 Å². The standard InChI is InChI=1S/C24H29N3O4S/c1-18-8-10-21(11-9-18)32(30,31)26-15-12-20(13-16-26)24(29)25-17-23(28)27-14-4-6-19-5-2-3-7-22(19)27/h2-3,5,7-11,20H,4,6,12-17H2,1H3,(H,25,29). The van der Waals surface area contributed by atoms with Crippen LogP contribution >= 0.6 is 0 Å². The van der Waals surface area contributed by atoms with Gasteiger partial charge < -0.3 is 10.2 Å². The van der Waals surface area contributed by atoms with Crippen molar-refractivity contribution in [3.63, 3.8) is 0 Å². The van der Waals surface area contributed by atoms with Crippen LogP contribution in [0, 0.1) is 12.8 Å². The second-order valence-corrected chi connectivity index (χ2v) is 10.4. The number of hydrogen-bond donors (Lipinski definition) is 1. The Kier molecular flexibility index (Phi) is 6.62. The molecule has 2 aromatic rings. The molecule has 1 fully saturated rings. The second-order valence-electron chi connectivity index (χ2n) is 8.49. The maximum atomic E-state index is 12.8. The fourth-order valence-corrected chi connectivity index (χ4v) is 5.88. The molecule has 1 N–H and O–H groups in total. The number of nitrogens with zero attached hydrogens (tertiary/aromatic N) is 2. The first kappa shape index (κ1) is 22.5. The molecule has 2 aromatic carbocycles. The van der Waals surface area contributed by atoms with Gasteiger partial charge in [0.15, 0.2) is 0 Å². The van der Waals surface area contributed by atoms with E-state index in [9.17, 15) is 18.0 Å². The maximum absolute atomic E-state index is 12.8. The topological polar surface area (TPSA) is 86.8 Å². The zero-order valence-electron chi connectivity index (χ0n) is 18.3. The van der Waals surface area contributed by atoms with Crippen molar-refractivity contribution in [3.8, 4) is 0 Å². The molecule has 7 nitrogen and oxygen atoms in total. The summed E-state index contributed by atoms with van der Waals surface area (Å²) in [5.41, 5.74) is 3.08. The van der Waals surface area contributed by atoms with Crippen molar-refractivity contribution in [3.05, 3.63) is 59.7 Å². The Morgan fingerprint density at radius 2 is 1.69 bits per heavy atom. The van der Waals surface area contributed by atoms with Crippen LogP contribution < -0.4 is 10.2 Å². The minimum atomic E-state index is -3.56. The Bertz CT molecular complexity index is 1090. The van der Waals surface area contributed by atoms with E-state index in [1.807, 2.05) is 31.2 Å². The highest BCUT2D eigenvalue weighted by Gasteiger charge is 2.32. The molecule has 0 aliphatic carbocycles. The molecule has 4 rings (SSSR count). The van der Waals surface area contributed by atoms with Gasteiger partial charge >= 0.3 is 0 Å². The van der Waals surface area contributed by atoms with Crippen LogP contribution in [0.3, 0.4) is 0 Å². The van der Waals surface area contributed by atoms with Gasteiger partial charge in [-0.15, -0.1) is 0 Å². The highest BCUT2D eigenvalue weighted by Crippen LogP contribution is 2.27. The van der Waals surface area contributed by atoms with Crippen molar-refractivity contribution >= 4 is 27.5 Å². The number of para-hydroxylation sites is 1. The molecular formula is C24H29N3O4S. The van der Waals surface area contributed by atoms with Gasteiger partial charge in [-0.05, 0) is 56.4 Å². The van der Waals surface area contributed by atoms with E-state index in [4.69, 9.17) is 0 Å². The number of carbonyl (C=O) groups excluding carboxylic acids is 2. The van der Waals surface area contributed by atoms with Gasteiger partial charge in [-0.1, -0.05) is 35.9 Å². The molecule has 2 aliphatic rings. The minimum absolute atomic E-state index is 0.0466. The van der Waals surface area contributed by atoms with E-state index >= 15 is 0 Å². The second kappa shape index (κ2) is 9.42. The quantitative estimate of drug-likeness (QED) is 0.751. The number of hydrogen-bond acceptors (Lipinski definition) is 4. The summed E-state index contributed by atoms with van der Waals surface area (Å²) in [6, 6.07) is 14.7. The van der Waals surface area contributed by atoms with E-state index in [0.29, 0.717) is 32.5 Å². The van der Waals surface area contributed by atoms with Crippen molar-refractivity contribution in [1.82, 2.24) is 9.62 Å². The Hall–Kier alpha value is -2.71. The van der Waals surface area contributed by atoms with Crippen LogP contribution in [0.4, 0.5) is 5.69 Å². The maximum Gasteiger partial charge on any atom is 0.246 e. The van der Waals surface area contributed by atoms with E-state index in [1.165, 1.54) is 4.31 Å². The number of benzene rings is 2. The van der Waals surface area contributed by atoms with Crippen LogP contribution in [-0.2, 0) is 26.0 Å². The zero-order valence-corrected chi connectivity index (χ0v) is 19.1. The summed E-state index contributed by atoms with van der Waals surface area (Å²) in [6.45, 7) is 3.11. The Morgan fingerprint density at radius 1 is 1.00 bits per heavy atom. The lowest BCUT2D eigenvalue weighted by molar-refractivity contribution is -0.128. The molecule has 170 valence electrons. The molecule has 32 heavy (non-hydrogen) atoms. The molecule has 0 radical (unpaired) electrons. The third-order valence-corrected chi connectivity index (χ3v) is 8.22. The van der Waals surface area contributed by atoms with E-state index in [0.717, 1.165) is 29.7 Å². The average Bonchev–Trinajstić information content (AvgIpc) is 2.82. The van der Waals surface area contributed by atoms with Crippen molar-refractivity contribution in [2.75, 3.05) is 31.1 Å². The summed E-state index contributed by atoms with van der Waals surface area (Å²) < 4.78 is 27.1. The van der Waals surface area contributed by atoms with Gasteiger partial charge in [-0.3, -0.25) is 9.59 Å². The molecule has 0 spiro atoms. The molecule has 2 aliphatic heterocycles. The number of amides is 2. The van der Waals surface area contributed by atoms with E-state index in [2.05, 4.69) is 5.32 Å². The largest absolute Gasteiger partial charge is 0.347 e. The summed E-state index contributed by atoms with van der Waals surface area (Å²) in [4.78, 5) is 27.4. The summed E-state index contributed by atoms with van der Waals surface area (Å²) in [7, 11) is -3.56. The fraction of sp³-hybridized carbons (Fsp3) is 0.417. The molecule has 0 atom stereocenters. The molecule has 2 heterocycles. The van der Waals surface area contributed by atoms with Crippen LogP contribution in [-0.4, -0.2) is 50.7 Å². The number of nitrogens with one attached hydrogen (secondary N) is 1. The van der Waals surface area contributed by atoms with Crippen LogP contribution in [0.5, 0.6) is 0 Å². The number of piperidine rings is 1. The highest BCUT2D eigenvalue weighted by molar-refractivity contribution is 7.89. The summed E-state index contributed by atoms with van der Waals surface area (Å²) in [6.07, 6.45) is 2.75. The third kappa shape index (κ3) is 4.71. The van der Waals surface area contributed by atoms with Gasteiger partial charge in [0.25, 0.3) is 0 Å². The predicted molar refractivity (Wildman–Crippen MR) is 123 cm³/mol. The number of aryl methyl sites for hydroxylation is 2. The fourth-order valence-electron chi connectivity index (χ4n) is 4.41. The van der Waals surface area contributed by atoms with Crippen molar-refractivity contribution in [2.24, 2.45) is 5.92 Å². The molecule has 0 unspecified atom stereocenters. The van der Waals surface area contributed by atoms with E-state index in [1.54, 1.807) is 29.2 Å². The lowest BCUT2D eigenvalue weighted by Gasteiger charge is -2.31. The lowest BCUT2D eigenvalue weighted by atomic mass is 9.97. The number of sulfonamides is 1. The van der Waals surface area contributed by atoms with Crippen molar-refractivity contribution in [2.45, 2.75) is 37.5 Å². The predicted octanol–water partition coefficient (Wildman–Crippen LogP) is 2.49. The zero-order chi connectivity index (χ0) is 22.7. The van der Waals surface area contributed by atoms with Crippen molar-refractivity contribution in [1.29, 1.82) is 0 Å². The van der Waals surface area contributed by atoms with E-state index in [-0.39, 0.29) is 29.2 Å². The molecule has 0 bridgehead atoms. The monoisotopic (exact) mass is 455 g/mol. The van der Waals surface area contributed by atoms with Crippen LogP contribution in [0.25, 0.3) is 0 Å². The summed E-state index contributed by atoms with van der Waals surface area (Å²) in [5, 5.41) is 2.77. The Balaban J connectivity index is 1.30. The Labute approximate surface area is 189 Å². The highest BCUT2D eigenvalue weighted by atomic mass is 32.2. The van der Waals surface area contributed by atoms with Gasteiger partial charge in [-0.2, -0.15) is 4.31 Å². The Morgan fingerprint density at radius 3 is 2.41 bits per heavy atom. The van der Waals surface area contributed by atoms with Gasteiger partial charge in [0.2, 0.25) is 21.8 Å². The normalized spacial score (nSPS) is 17.6. The summed E-state index contributed by atoms with van der Waals surface area (Å²) >= 11 is 0. The number of rotatable bonds is 5. The first-order valence-corrected chi connectivity index (χ1v) is 12.5. The molecule has 1 saturated heterocycles. The smallest absolute Gasteiger partial charge is 0.246 e. The van der Waals surface area contributed by atoms with Gasteiger partial charge in [0, 0.05) is 31.2 Å². The number of fused-ring (bicyclic) bond motifs is 1. The molecule has 8 heteroatoms. The van der Waals surface area contributed by atoms with E-state index < -0.39 is 10.0 Å². The molecular weight excluding hydrogens is 426 g/mol. The van der Waals surface area contributed by atoms with Crippen LogP contribution in [0.1, 0.15) is 30.4 Å².